The van der Waals surface area contributed by atoms with Crippen molar-refractivity contribution >= 4 is 40.2 Å². The van der Waals surface area contributed by atoms with Crippen LogP contribution in [0.3, 0.4) is 0 Å². The molecule has 4 rings (SSSR count). The molecular formula is C19H26ClN9. The molecule has 1 fully saturated rings. The number of fused-ring (bicyclic) bond motifs is 1. The SMILES string of the molecule is CCn1nnc2c(NCc3c(N)cccc3Cl)nc(NC3CCCCC3N)nc21. The number of hydrogen-bond acceptors (Lipinski definition) is 8. The van der Waals surface area contributed by atoms with Crippen molar-refractivity contribution in [3.63, 3.8) is 0 Å². The molecule has 2 unspecified atom stereocenters. The van der Waals surface area contributed by atoms with Crippen molar-refractivity contribution in [2.45, 2.75) is 57.8 Å². The summed E-state index contributed by atoms with van der Waals surface area (Å²) in [5, 5.41) is 15.8. The summed E-state index contributed by atoms with van der Waals surface area (Å²) in [6.07, 6.45) is 4.33. The Morgan fingerprint density at radius 2 is 2.07 bits per heavy atom. The number of halogens is 1. The van der Waals surface area contributed by atoms with E-state index >= 15 is 0 Å². The summed E-state index contributed by atoms with van der Waals surface area (Å²) in [6, 6.07) is 5.71. The first kappa shape index (κ1) is 19.7. The summed E-state index contributed by atoms with van der Waals surface area (Å²) < 4.78 is 1.75. The lowest BCUT2D eigenvalue weighted by molar-refractivity contribution is 0.402. The molecule has 1 aromatic carbocycles. The molecule has 3 aromatic rings. The molecule has 29 heavy (non-hydrogen) atoms. The Kier molecular flexibility index (Phi) is 5.68. The molecule has 154 valence electrons. The number of nitrogens with zero attached hydrogens (tertiary/aromatic N) is 5. The van der Waals surface area contributed by atoms with Crippen molar-refractivity contribution in [2.75, 3.05) is 16.4 Å². The molecule has 1 aliphatic rings. The highest BCUT2D eigenvalue weighted by molar-refractivity contribution is 6.31. The van der Waals surface area contributed by atoms with E-state index in [1.807, 2.05) is 25.1 Å². The highest BCUT2D eigenvalue weighted by Gasteiger charge is 2.23. The first-order valence-electron chi connectivity index (χ1n) is 9.97. The van der Waals surface area contributed by atoms with Crippen LogP contribution in [0.5, 0.6) is 0 Å². The molecule has 0 spiro atoms. The highest BCUT2D eigenvalue weighted by atomic mass is 35.5. The fourth-order valence-electron chi connectivity index (χ4n) is 3.70. The minimum absolute atomic E-state index is 0.0941. The topological polar surface area (TPSA) is 133 Å². The fourth-order valence-corrected chi connectivity index (χ4v) is 3.94. The van der Waals surface area contributed by atoms with E-state index in [2.05, 4.69) is 30.9 Å². The summed E-state index contributed by atoms with van der Waals surface area (Å²) in [4.78, 5) is 9.32. The lowest BCUT2D eigenvalue weighted by Gasteiger charge is -2.29. The molecule has 0 aliphatic heterocycles. The molecule has 6 N–H and O–H groups in total. The number of anilines is 3. The number of nitrogens with two attached hydrogens (primary N) is 2. The van der Waals surface area contributed by atoms with Gasteiger partial charge in [-0.25, -0.2) is 4.68 Å². The quantitative estimate of drug-likeness (QED) is 0.451. The molecule has 2 heterocycles. The summed E-state index contributed by atoms with van der Waals surface area (Å²) in [6.45, 7) is 3.07. The zero-order valence-electron chi connectivity index (χ0n) is 16.4. The van der Waals surface area contributed by atoms with Gasteiger partial charge in [-0.1, -0.05) is 35.7 Å². The van der Waals surface area contributed by atoms with E-state index in [-0.39, 0.29) is 12.1 Å². The van der Waals surface area contributed by atoms with Crippen LogP contribution in [0.4, 0.5) is 17.5 Å². The van der Waals surface area contributed by atoms with Crippen LogP contribution in [0.15, 0.2) is 18.2 Å². The number of hydrogen-bond donors (Lipinski definition) is 4. The number of rotatable bonds is 6. The maximum atomic E-state index is 6.31. The molecule has 0 saturated heterocycles. The van der Waals surface area contributed by atoms with Crippen molar-refractivity contribution in [2.24, 2.45) is 5.73 Å². The Morgan fingerprint density at radius 1 is 1.24 bits per heavy atom. The maximum Gasteiger partial charge on any atom is 0.227 e. The summed E-state index contributed by atoms with van der Waals surface area (Å²) >= 11 is 6.31. The van der Waals surface area contributed by atoms with Gasteiger partial charge in [-0.3, -0.25) is 0 Å². The maximum absolute atomic E-state index is 6.31. The van der Waals surface area contributed by atoms with Crippen LogP contribution in [0.1, 0.15) is 38.2 Å². The van der Waals surface area contributed by atoms with E-state index in [9.17, 15) is 0 Å². The molecule has 0 radical (unpaired) electrons. The first-order chi connectivity index (χ1) is 14.1. The molecular weight excluding hydrogens is 390 g/mol. The van der Waals surface area contributed by atoms with E-state index in [0.717, 1.165) is 31.2 Å². The van der Waals surface area contributed by atoms with Gasteiger partial charge in [-0.15, -0.1) is 5.10 Å². The molecule has 9 nitrogen and oxygen atoms in total. The van der Waals surface area contributed by atoms with Gasteiger partial charge in [0.2, 0.25) is 5.95 Å². The van der Waals surface area contributed by atoms with Crippen LogP contribution < -0.4 is 22.1 Å². The predicted molar refractivity (Wildman–Crippen MR) is 116 cm³/mol. The van der Waals surface area contributed by atoms with Gasteiger partial charge >= 0.3 is 0 Å². The second kappa shape index (κ2) is 8.38. The lowest BCUT2D eigenvalue weighted by atomic mass is 9.91. The van der Waals surface area contributed by atoms with E-state index in [1.165, 1.54) is 0 Å². The van der Waals surface area contributed by atoms with Gasteiger partial charge in [0.25, 0.3) is 0 Å². The number of benzene rings is 1. The van der Waals surface area contributed by atoms with Gasteiger partial charge in [-0.2, -0.15) is 9.97 Å². The third-order valence-corrected chi connectivity index (χ3v) is 5.74. The Labute approximate surface area is 174 Å². The zero-order valence-corrected chi connectivity index (χ0v) is 17.2. The van der Waals surface area contributed by atoms with Crippen LogP contribution >= 0.6 is 11.6 Å². The average molecular weight is 416 g/mol. The van der Waals surface area contributed by atoms with Gasteiger partial charge in [0, 0.05) is 41.4 Å². The minimum atomic E-state index is 0.0941. The zero-order chi connectivity index (χ0) is 20.4. The number of aromatic nitrogens is 5. The Hall–Kier alpha value is -2.65. The second-order valence-corrected chi connectivity index (χ2v) is 7.74. The Bertz CT molecular complexity index is 983. The van der Waals surface area contributed by atoms with Crippen LogP contribution in [0.2, 0.25) is 5.02 Å². The van der Waals surface area contributed by atoms with Crippen LogP contribution in [0, 0.1) is 0 Å². The highest BCUT2D eigenvalue weighted by Crippen LogP contribution is 2.26. The Balaban J connectivity index is 1.65. The number of nitrogen functional groups attached to an aromatic ring is 1. The molecule has 2 aromatic heterocycles. The lowest BCUT2D eigenvalue weighted by Crippen LogP contribution is -2.43. The van der Waals surface area contributed by atoms with Crippen molar-refractivity contribution in [3.05, 3.63) is 28.8 Å². The molecule has 10 heteroatoms. The normalized spacial score (nSPS) is 19.4. The molecule has 1 aliphatic carbocycles. The van der Waals surface area contributed by atoms with Crippen molar-refractivity contribution in [1.29, 1.82) is 0 Å². The van der Waals surface area contributed by atoms with Crippen molar-refractivity contribution in [1.82, 2.24) is 25.0 Å². The molecule has 1 saturated carbocycles. The fraction of sp³-hybridized carbons (Fsp3) is 0.474. The van der Waals surface area contributed by atoms with Crippen molar-refractivity contribution in [3.8, 4) is 0 Å². The first-order valence-corrected chi connectivity index (χ1v) is 10.3. The summed E-state index contributed by atoms with van der Waals surface area (Å²) in [7, 11) is 0. The van der Waals surface area contributed by atoms with Gasteiger partial charge in [0.1, 0.15) is 0 Å². The van der Waals surface area contributed by atoms with Gasteiger partial charge < -0.3 is 22.1 Å². The molecule has 2 atom stereocenters. The van der Waals surface area contributed by atoms with Crippen LogP contribution in [-0.2, 0) is 13.1 Å². The predicted octanol–water partition coefficient (Wildman–Crippen LogP) is 2.77. The molecule has 0 bridgehead atoms. The van der Waals surface area contributed by atoms with E-state index in [4.69, 9.17) is 23.1 Å². The smallest absolute Gasteiger partial charge is 0.227 e. The van der Waals surface area contributed by atoms with Crippen LogP contribution in [0.25, 0.3) is 11.2 Å². The third kappa shape index (κ3) is 4.06. The monoisotopic (exact) mass is 415 g/mol. The Morgan fingerprint density at radius 3 is 2.83 bits per heavy atom. The van der Waals surface area contributed by atoms with E-state index < -0.39 is 0 Å². The van der Waals surface area contributed by atoms with Gasteiger partial charge in [0.05, 0.1) is 0 Å². The number of aryl methyl sites for hydroxylation is 1. The third-order valence-electron chi connectivity index (χ3n) is 5.38. The molecule has 0 amide bonds. The summed E-state index contributed by atoms with van der Waals surface area (Å²) in [5.74, 6) is 1.10. The average Bonchev–Trinajstić information content (AvgIpc) is 3.12. The van der Waals surface area contributed by atoms with E-state index in [0.29, 0.717) is 46.7 Å². The number of nitrogens with one attached hydrogen (secondary N) is 2. The van der Waals surface area contributed by atoms with Gasteiger partial charge in [-0.05, 0) is 31.9 Å². The van der Waals surface area contributed by atoms with Gasteiger partial charge in [0.15, 0.2) is 17.0 Å². The second-order valence-electron chi connectivity index (χ2n) is 7.33. The minimum Gasteiger partial charge on any atom is -0.398 e. The van der Waals surface area contributed by atoms with Crippen LogP contribution in [-0.4, -0.2) is 37.0 Å². The van der Waals surface area contributed by atoms with E-state index in [1.54, 1.807) is 4.68 Å². The standard InChI is InChI=1S/C19H26ClN9/c1-2-29-18-16(27-28-29)17(23-10-11-12(20)6-5-8-13(11)21)25-19(26-18)24-15-9-4-3-7-14(15)22/h5-6,8,14-15H,2-4,7,9-10,21-22H2,1H3,(H2,23,24,25,26). The van der Waals surface area contributed by atoms with Crippen molar-refractivity contribution < 1.29 is 0 Å². The summed E-state index contributed by atoms with van der Waals surface area (Å²) in [5.41, 5.74) is 15.1. The largest absolute Gasteiger partial charge is 0.398 e.